The minimum Gasteiger partial charge on any atom is -0.483 e. The van der Waals surface area contributed by atoms with Crippen molar-refractivity contribution in [2.45, 2.75) is 39.5 Å². The molecule has 1 aromatic carbocycles. The van der Waals surface area contributed by atoms with Gasteiger partial charge in [0.05, 0.1) is 12.1 Å². The molecule has 0 unspecified atom stereocenters. The zero-order chi connectivity index (χ0) is 20.6. The molecule has 2 heterocycles. The van der Waals surface area contributed by atoms with Gasteiger partial charge < -0.3 is 23.9 Å². The number of aromatic nitrogens is 2. The van der Waals surface area contributed by atoms with Crippen LogP contribution in [0.4, 0.5) is 8.78 Å². The van der Waals surface area contributed by atoms with Gasteiger partial charge >= 0.3 is 6.61 Å². The van der Waals surface area contributed by atoms with E-state index in [2.05, 4.69) is 15.2 Å². The Labute approximate surface area is 165 Å². The average molecular weight is 405 g/mol. The number of hydrogen-bond acceptors (Lipinski definition) is 5. The predicted octanol–water partition coefficient (Wildman–Crippen LogP) is 3.76. The van der Waals surface area contributed by atoms with E-state index in [0.717, 1.165) is 24.1 Å². The number of amides is 1. The topological polar surface area (TPSA) is 78.5 Å². The average Bonchev–Trinajstić information content (AvgIpc) is 3.11. The lowest BCUT2D eigenvalue weighted by Crippen LogP contribution is -2.30. The van der Waals surface area contributed by atoms with Gasteiger partial charge in [0.1, 0.15) is 18.6 Å². The van der Waals surface area contributed by atoms with Crippen LogP contribution in [0.2, 0.25) is 0 Å². The quantitative estimate of drug-likeness (QED) is 0.617. The van der Waals surface area contributed by atoms with Crippen molar-refractivity contribution in [1.82, 2.24) is 15.0 Å². The smallest absolute Gasteiger partial charge is 0.387 e. The van der Waals surface area contributed by atoms with E-state index in [-0.39, 0.29) is 29.4 Å². The largest absolute Gasteiger partial charge is 0.483 e. The van der Waals surface area contributed by atoms with E-state index < -0.39 is 6.61 Å². The van der Waals surface area contributed by atoms with Crippen LogP contribution in [0.25, 0.3) is 10.9 Å². The second-order valence-corrected chi connectivity index (χ2v) is 7.45. The number of nitrogens with zero attached hydrogens (tertiary/aromatic N) is 2. The molecule has 1 aliphatic carbocycles. The third kappa shape index (κ3) is 4.03. The van der Waals surface area contributed by atoms with Crippen LogP contribution in [0.5, 0.6) is 11.5 Å². The van der Waals surface area contributed by atoms with Crippen molar-refractivity contribution < 1.29 is 27.6 Å². The van der Waals surface area contributed by atoms with E-state index in [0.29, 0.717) is 17.6 Å². The fourth-order valence-electron chi connectivity index (χ4n) is 3.14. The molecule has 0 atom stereocenters. The Balaban J connectivity index is 1.59. The highest BCUT2D eigenvalue weighted by molar-refractivity contribution is 5.86. The Morgan fingerprint density at radius 3 is 2.79 bits per heavy atom. The number of ether oxygens (including phenoxy) is 2. The fraction of sp³-hybridized carbons (Fsp3) is 0.400. The van der Waals surface area contributed by atoms with E-state index in [1.165, 1.54) is 12.3 Å². The predicted molar refractivity (Wildman–Crippen MR) is 99.6 cm³/mol. The summed E-state index contributed by atoms with van der Waals surface area (Å²) in [5.41, 5.74) is 1.88. The SMILES string of the molecule is Cn1c(CNC(=O)C2(C)CC2)cc2cc(OC(F)F)c(OCc3ccon3)cc21. The van der Waals surface area contributed by atoms with E-state index >= 15 is 0 Å². The van der Waals surface area contributed by atoms with Crippen LogP contribution < -0.4 is 14.8 Å². The van der Waals surface area contributed by atoms with Gasteiger partial charge in [-0.1, -0.05) is 12.1 Å². The minimum atomic E-state index is -2.98. The van der Waals surface area contributed by atoms with Crippen molar-refractivity contribution >= 4 is 16.8 Å². The van der Waals surface area contributed by atoms with Crippen LogP contribution in [0.1, 0.15) is 31.2 Å². The molecule has 0 spiro atoms. The molecule has 0 radical (unpaired) electrons. The van der Waals surface area contributed by atoms with Crippen LogP contribution in [0, 0.1) is 5.41 Å². The summed E-state index contributed by atoms with van der Waals surface area (Å²) in [5, 5.41) is 7.39. The maximum absolute atomic E-state index is 12.9. The summed E-state index contributed by atoms with van der Waals surface area (Å²) in [7, 11) is 1.84. The van der Waals surface area contributed by atoms with Gasteiger partial charge in [0.15, 0.2) is 11.5 Å². The van der Waals surface area contributed by atoms with Crippen molar-refractivity contribution in [3.8, 4) is 11.5 Å². The minimum absolute atomic E-state index is 0.0288. The number of alkyl halides is 2. The number of fused-ring (bicyclic) bond motifs is 1. The number of hydrogen-bond donors (Lipinski definition) is 1. The first-order chi connectivity index (χ1) is 13.9. The molecule has 1 aliphatic rings. The highest BCUT2D eigenvalue weighted by Gasteiger charge is 2.44. The third-order valence-corrected chi connectivity index (χ3v) is 5.27. The van der Waals surface area contributed by atoms with Crippen LogP contribution in [-0.4, -0.2) is 22.2 Å². The van der Waals surface area contributed by atoms with Crippen molar-refractivity contribution in [1.29, 1.82) is 0 Å². The third-order valence-electron chi connectivity index (χ3n) is 5.27. The van der Waals surface area contributed by atoms with Gasteiger partial charge in [0.2, 0.25) is 5.91 Å². The maximum Gasteiger partial charge on any atom is 0.387 e. The first kappa shape index (κ1) is 19.2. The fourth-order valence-corrected chi connectivity index (χ4v) is 3.14. The number of halogens is 2. The monoisotopic (exact) mass is 405 g/mol. The zero-order valence-electron chi connectivity index (χ0n) is 16.1. The molecule has 4 rings (SSSR count). The Kier molecular flexibility index (Phi) is 4.89. The summed E-state index contributed by atoms with van der Waals surface area (Å²) in [5.74, 6) is 0.131. The molecule has 154 valence electrons. The summed E-state index contributed by atoms with van der Waals surface area (Å²) in [4.78, 5) is 12.2. The number of aryl methyl sites for hydroxylation is 1. The van der Waals surface area contributed by atoms with Gasteiger partial charge in [-0.2, -0.15) is 8.78 Å². The van der Waals surface area contributed by atoms with Crippen molar-refractivity contribution in [3.63, 3.8) is 0 Å². The Bertz CT molecular complexity index is 1030. The summed E-state index contributed by atoms with van der Waals surface area (Å²) < 4.78 is 42.7. The molecule has 0 bridgehead atoms. The van der Waals surface area contributed by atoms with Crippen LogP contribution in [-0.2, 0) is 25.0 Å². The molecule has 1 amide bonds. The molecule has 0 saturated heterocycles. The van der Waals surface area contributed by atoms with Crippen molar-refractivity contribution in [3.05, 3.63) is 41.9 Å². The lowest BCUT2D eigenvalue weighted by atomic mass is 10.1. The molecule has 2 aromatic heterocycles. The Morgan fingerprint density at radius 2 is 2.14 bits per heavy atom. The molecule has 1 saturated carbocycles. The van der Waals surface area contributed by atoms with Crippen molar-refractivity contribution in [2.24, 2.45) is 12.5 Å². The maximum atomic E-state index is 12.9. The second kappa shape index (κ2) is 7.38. The summed E-state index contributed by atoms with van der Waals surface area (Å²) >= 11 is 0. The summed E-state index contributed by atoms with van der Waals surface area (Å²) in [6, 6.07) is 6.61. The van der Waals surface area contributed by atoms with Crippen LogP contribution in [0.3, 0.4) is 0 Å². The van der Waals surface area contributed by atoms with Crippen LogP contribution in [0.15, 0.2) is 35.1 Å². The summed E-state index contributed by atoms with van der Waals surface area (Å²) in [6.07, 6.45) is 3.20. The highest BCUT2D eigenvalue weighted by atomic mass is 19.3. The number of rotatable bonds is 8. The van der Waals surface area contributed by atoms with Crippen LogP contribution >= 0.6 is 0 Å². The van der Waals surface area contributed by atoms with E-state index in [4.69, 9.17) is 9.26 Å². The van der Waals surface area contributed by atoms with Gasteiger partial charge in [-0.3, -0.25) is 4.79 Å². The lowest BCUT2D eigenvalue weighted by molar-refractivity contribution is -0.125. The molecule has 7 nitrogen and oxygen atoms in total. The second-order valence-electron chi connectivity index (χ2n) is 7.45. The standard InChI is InChI=1S/C20H21F2N3O4/c1-20(4-5-20)18(26)23-10-14-7-12-8-17(29-19(21)22)16(9-15(12)25(14)2)27-11-13-3-6-28-24-13/h3,6-9,19H,4-5,10-11H2,1-2H3,(H,23,26). The van der Waals surface area contributed by atoms with E-state index in [1.807, 2.05) is 24.6 Å². The molecule has 1 fully saturated rings. The first-order valence-electron chi connectivity index (χ1n) is 9.23. The Hall–Kier alpha value is -3.10. The molecular weight excluding hydrogens is 384 g/mol. The van der Waals surface area contributed by atoms with E-state index in [9.17, 15) is 13.6 Å². The zero-order valence-corrected chi connectivity index (χ0v) is 16.1. The van der Waals surface area contributed by atoms with Gasteiger partial charge in [0.25, 0.3) is 0 Å². The summed E-state index contributed by atoms with van der Waals surface area (Å²) in [6.45, 7) is -0.646. The molecule has 9 heteroatoms. The molecule has 0 aliphatic heterocycles. The van der Waals surface area contributed by atoms with Gasteiger partial charge in [-0.15, -0.1) is 0 Å². The molecular formula is C20H21F2N3O4. The van der Waals surface area contributed by atoms with Gasteiger partial charge in [-0.25, -0.2) is 0 Å². The van der Waals surface area contributed by atoms with Gasteiger partial charge in [-0.05, 0) is 25.0 Å². The first-order valence-corrected chi connectivity index (χ1v) is 9.23. The van der Waals surface area contributed by atoms with E-state index in [1.54, 1.807) is 12.1 Å². The highest BCUT2D eigenvalue weighted by Crippen LogP contribution is 2.45. The number of carbonyl (C=O) groups excluding carboxylic acids is 1. The number of carbonyl (C=O) groups is 1. The number of nitrogens with one attached hydrogen (secondary N) is 1. The number of benzene rings is 1. The van der Waals surface area contributed by atoms with Gasteiger partial charge in [0, 0.05) is 35.7 Å². The van der Waals surface area contributed by atoms with Crippen molar-refractivity contribution in [2.75, 3.05) is 0 Å². The molecule has 1 N–H and O–H groups in total. The molecule has 3 aromatic rings. The Morgan fingerprint density at radius 1 is 1.34 bits per heavy atom. The lowest BCUT2D eigenvalue weighted by Gasteiger charge is -2.13. The normalized spacial score (nSPS) is 14.9. The molecule has 29 heavy (non-hydrogen) atoms.